The molecule has 210 valence electrons. The van der Waals surface area contributed by atoms with Crippen molar-refractivity contribution in [1.82, 2.24) is 14.7 Å². The number of rotatable bonds is 11. The lowest BCUT2D eigenvalue weighted by Gasteiger charge is -2.27. The molecule has 0 aliphatic carbocycles. The van der Waals surface area contributed by atoms with Gasteiger partial charge in [0.25, 0.3) is 0 Å². The van der Waals surface area contributed by atoms with Crippen LogP contribution in [0.2, 0.25) is 0 Å². The van der Waals surface area contributed by atoms with E-state index in [4.69, 9.17) is 9.84 Å². The fourth-order valence-corrected chi connectivity index (χ4v) is 4.53. The lowest BCUT2D eigenvalue weighted by atomic mass is 9.90. The minimum Gasteiger partial charge on any atom is -0.406 e. The van der Waals surface area contributed by atoms with E-state index in [9.17, 15) is 13.2 Å². The van der Waals surface area contributed by atoms with Crippen molar-refractivity contribution in [3.05, 3.63) is 41.7 Å². The lowest BCUT2D eigenvalue weighted by Crippen LogP contribution is -2.38. The van der Waals surface area contributed by atoms with E-state index in [0.717, 1.165) is 68.6 Å². The van der Waals surface area contributed by atoms with Gasteiger partial charge in [0, 0.05) is 31.2 Å². The summed E-state index contributed by atoms with van der Waals surface area (Å²) in [5, 5.41) is 4.76. The molecule has 2 aromatic rings. The number of aromatic nitrogens is 2. The Kier molecular flexibility index (Phi) is 12.9. The Bertz CT molecular complexity index is 891. The average molecular weight is 526 g/mol. The highest BCUT2D eigenvalue weighted by molar-refractivity contribution is 5.38. The summed E-state index contributed by atoms with van der Waals surface area (Å²) < 4.78 is 47.9. The zero-order valence-corrected chi connectivity index (χ0v) is 23.5. The van der Waals surface area contributed by atoms with Crippen molar-refractivity contribution in [2.45, 2.75) is 85.9 Å². The Morgan fingerprint density at radius 3 is 2.19 bits per heavy atom. The van der Waals surface area contributed by atoms with Gasteiger partial charge in [-0.05, 0) is 61.9 Å². The van der Waals surface area contributed by atoms with Crippen molar-refractivity contribution in [2.75, 3.05) is 32.8 Å². The van der Waals surface area contributed by atoms with Gasteiger partial charge in [0.1, 0.15) is 5.75 Å². The molecule has 1 aliphatic rings. The van der Waals surface area contributed by atoms with Crippen LogP contribution in [-0.2, 0) is 4.74 Å². The van der Waals surface area contributed by atoms with Crippen LogP contribution < -0.4 is 4.74 Å². The average Bonchev–Trinajstić information content (AvgIpc) is 3.23. The third kappa shape index (κ3) is 11.5. The number of morpholine rings is 1. The third-order valence-corrected chi connectivity index (χ3v) is 6.71. The van der Waals surface area contributed by atoms with Crippen LogP contribution in [0.5, 0.6) is 5.75 Å². The molecule has 2 heterocycles. The third-order valence-electron chi connectivity index (χ3n) is 6.71. The second-order valence-electron chi connectivity index (χ2n) is 10.5. The van der Waals surface area contributed by atoms with E-state index < -0.39 is 6.36 Å². The summed E-state index contributed by atoms with van der Waals surface area (Å²) >= 11 is 0. The molecule has 1 aliphatic heterocycles. The zero-order valence-electron chi connectivity index (χ0n) is 23.5. The number of benzene rings is 1. The first-order valence-corrected chi connectivity index (χ1v) is 13.7. The summed E-state index contributed by atoms with van der Waals surface area (Å²) in [6.45, 7) is 18.5. The molecule has 1 fully saturated rings. The van der Waals surface area contributed by atoms with Crippen molar-refractivity contribution in [1.29, 1.82) is 0 Å². The van der Waals surface area contributed by atoms with Gasteiger partial charge in [-0.25, -0.2) is 4.68 Å². The predicted molar refractivity (Wildman–Crippen MR) is 143 cm³/mol. The minimum absolute atomic E-state index is 0.228. The molecule has 1 aromatic carbocycles. The van der Waals surface area contributed by atoms with Crippen LogP contribution in [0.1, 0.15) is 84.0 Å². The van der Waals surface area contributed by atoms with Crippen molar-refractivity contribution >= 4 is 0 Å². The molecule has 0 spiro atoms. The monoisotopic (exact) mass is 525 g/mol. The molecule has 3 rings (SSSR count). The molecule has 8 heteroatoms. The van der Waals surface area contributed by atoms with Crippen LogP contribution in [-0.4, -0.2) is 53.9 Å². The Morgan fingerprint density at radius 1 is 1.00 bits per heavy atom. The fourth-order valence-electron chi connectivity index (χ4n) is 4.53. The van der Waals surface area contributed by atoms with Crippen LogP contribution in [0.4, 0.5) is 13.2 Å². The number of alkyl halides is 3. The van der Waals surface area contributed by atoms with Crippen molar-refractivity contribution in [3.8, 4) is 11.4 Å². The number of nitrogens with zero attached hydrogens (tertiary/aromatic N) is 3. The van der Waals surface area contributed by atoms with E-state index in [1.54, 1.807) is 16.8 Å². The smallest absolute Gasteiger partial charge is 0.406 e. The second-order valence-corrected chi connectivity index (χ2v) is 10.5. The van der Waals surface area contributed by atoms with Crippen LogP contribution in [0.25, 0.3) is 5.69 Å². The molecule has 0 N–H and O–H groups in total. The number of ether oxygens (including phenoxy) is 2. The molecule has 2 unspecified atom stereocenters. The molecule has 0 bridgehead atoms. The molecule has 1 saturated heterocycles. The highest BCUT2D eigenvalue weighted by atomic mass is 19.4. The molecule has 1 aromatic heterocycles. The largest absolute Gasteiger partial charge is 0.573 e. The standard InChI is InChI=1S/C21H29F3N2O.C8H17NO/c1-5-7-17(9-8-15(3)6-2)20-14-16(4)26(25-20)18-10-12-19(13-11-18)27-21(22,23)24;1-8(2)7-9-3-5-10-6-4-9/h10-15,17H,5-9H2,1-4H3;8H,3-7H2,1-2H3. The Morgan fingerprint density at radius 2 is 1.65 bits per heavy atom. The van der Waals surface area contributed by atoms with Crippen LogP contribution >= 0.6 is 0 Å². The summed E-state index contributed by atoms with van der Waals surface area (Å²) in [7, 11) is 0. The Hall–Kier alpha value is -2.06. The number of aryl methyl sites for hydroxylation is 1. The van der Waals surface area contributed by atoms with Gasteiger partial charge in [0.15, 0.2) is 0 Å². The maximum atomic E-state index is 12.3. The van der Waals surface area contributed by atoms with Crippen molar-refractivity contribution in [3.63, 3.8) is 0 Å². The van der Waals surface area contributed by atoms with Gasteiger partial charge in [-0.1, -0.05) is 53.9 Å². The first-order valence-electron chi connectivity index (χ1n) is 13.7. The normalized spacial score (nSPS) is 16.3. The number of hydrogen-bond acceptors (Lipinski definition) is 4. The van der Waals surface area contributed by atoms with Crippen LogP contribution in [0.3, 0.4) is 0 Å². The quantitative estimate of drug-likeness (QED) is 0.301. The molecule has 0 radical (unpaired) electrons. The number of hydrogen-bond donors (Lipinski definition) is 0. The SMILES string of the molecule is CC(C)CN1CCOCC1.CCCC(CCC(C)CC)c1cc(C)n(-c2ccc(OC(F)(F)F)cc2)n1. The molecule has 0 amide bonds. The summed E-state index contributed by atoms with van der Waals surface area (Å²) in [5.41, 5.74) is 2.76. The second kappa shape index (κ2) is 15.4. The molecular weight excluding hydrogens is 479 g/mol. The Balaban J connectivity index is 0.000000402. The van der Waals surface area contributed by atoms with E-state index in [1.807, 2.05) is 6.92 Å². The van der Waals surface area contributed by atoms with Gasteiger partial charge in [0.05, 0.1) is 24.6 Å². The van der Waals surface area contributed by atoms with E-state index in [1.165, 1.54) is 31.5 Å². The summed E-state index contributed by atoms with van der Waals surface area (Å²) in [6.07, 6.45) is 0.970. The molecule has 5 nitrogen and oxygen atoms in total. The van der Waals surface area contributed by atoms with Crippen molar-refractivity contribution in [2.24, 2.45) is 11.8 Å². The highest BCUT2D eigenvalue weighted by Gasteiger charge is 2.31. The zero-order chi connectivity index (χ0) is 27.4. The summed E-state index contributed by atoms with van der Waals surface area (Å²) in [4.78, 5) is 2.47. The van der Waals surface area contributed by atoms with Gasteiger partial charge in [-0.3, -0.25) is 4.90 Å². The lowest BCUT2D eigenvalue weighted by molar-refractivity contribution is -0.274. The molecule has 37 heavy (non-hydrogen) atoms. The molecule has 0 saturated carbocycles. The van der Waals surface area contributed by atoms with Crippen LogP contribution in [0.15, 0.2) is 30.3 Å². The highest BCUT2D eigenvalue weighted by Crippen LogP contribution is 2.30. The fraction of sp³-hybridized carbons (Fsp3) is 0.690. The van der Waals surface area contributed by atoms with Gasteiger partial charge >= 0.3 is 6.36 Å². The maximum absolute atomic E-state index is 12.3. The number of halogens is 3. The maximum Gasteiger partial charge on any atom is 0.573 e. The first-order chi connectivity index (χ1) is 17.5. The van der Waals surface area contributed by atoms with Crippen molar-refractivity contribution < 1.29 is 22.6 Å². The van der Waals surface area contributed by atoms with E-state index >= 15 is 0 Å². The van der Waals surface area contributed by atoms with Gasteiger partial charge < -0.3 is 9.47 Å². The summed E-state index contributed by atoms with van der Waals surface area (Å²) in [6, 6.07) is 7.92. The Labute approximate surface area is 221 Å². The van der Waals surface area contributed by atoms with Gasteiger partial charge in [-0.15, -0.1) is 13.2 Å². The topological polar surface area (TPSA) is 39.5 Å². The predicted octanol–water partition coefficient (Wildman–Crippen LogP) is 7.76. The molecule has 2 atom stereocenters. The van der Waals surface area contributed by atoms with E-state index in [0.29, 0.717) is 11.8 Å². The minimum atomic E-state index is -4.68. The van der Waals surface area contributed by atoms with E-state index in [-0.39, 0.29) is 5.75 Å². The summed E-state index contributed by atoms with van der Waals surface area (Å²) in [5.74, 6) is 1.68. The van der Waals surface area contributed by atoms with Crippen LogP contribution in [0, 0.1) is 18.8 Å². The first kappa shape index (κ1) is 31.2. The molecular formula is C29H46F3N3O2. The van der Waals surface area contributed by atoms with Gasteiger partial charge in [0.2, 0.25) is 0 Å². The van der Waals surface area contributed by atoms with Gasteiger partial charge in [-0.2, -0.15) is 5.10 Å². The van der Waals surface area contributed by atoms with E-state index in [2.05, 4.69) is 50.3 Å².